The Kier molecular flexibility index (Phi) is 3.13. The summed E-state index contributed by atoms with van der Waals surface area (Å²) in [6.45, 7) is 11.2. The largest absolute Gasteiger partial charge is 0.316 e. The van der Waals surface area contributed by atoms with Crippen LogP contribution in [0.15, 0.2) is 0 Å². The Bertz CT molecular complexity index is 173. The minimum absolute atomic E-state index is 0.595. The Morgan fingerprint density at radius 3 is 2.79 bits per heavy atom. The highest BCUT2D eigenvalue weighted by molar-refractivity contribution is 4.88. The highest BCUT2D eigenvalue weighted by Crippen LogP contribution is 2.29. The van der Waals surface area contributed by atoms with Crippen LogP contribution in [0.5, 0.6) is 0 Å². The summed E-state index contributed by atoms with van der Waals surface area (Å²) in [7, 11) is 0. The number of rotatable bonds is 2. The summed E-state index contributed by atoms with van der Waals surface area (Å²) in [5.41, 5.74) is 0.595. The fourth-order valence-electron chi connectivity index (χ4n) is 2.91. The average Bonchev–Trinajstić information content (AvgIpc) is 2.29. The van der Waals surface area contributed by atoms with E-state index in [2.05, 4.69) is 24.1 Å². The van der Waals surface area contributed by atoms with Crippen molar-refractivity contribution in [1.29, 1.82) is 0 Å². The molecule has 0 aromatic carbocycles. The molecule has 2 heterocycles. The predicted molar refractivity (Wildman–Crippen MR) is 60.4 cm³/mol. The highest BCUT2D eigenvalue weighted by Gasteiger charge is 2.34. The third-order valence-electron chi connectivity index (χ3n) is 3.47. The van der Waals surface area contributed by atoms with Gasteiger partial charge in [-0.1, -0.05) is 20.3 Å². The van der Waals surface area contributed by atoms with E-state index in [1.165, 1.54) is 52.0 Å². The fraction of sp³-hybridized carbons (Fsp3) is 1.00. The molecular weight excluding hydrogens is 172 g/mol. The van der Waals surface area contributed by atoms with Crippen molar-refractivity contribution in [2.75, 3.05) is 32.7 Å². The highest BCUT2D eigenvalue weighted by atomic mass is 15.2. The van der Waals surface area contributed by atoms with Crippen molar-refractivity contribution in [3.63, 3.8) is 0 Å². The van der Waals surface area contributed by atoms with Crippen LogP contribution < -0.4 is 5.32 Å². The smallest absolute Gasteiger partial charge is 0.00453 e. The molecule has 0 aliphatic carbocycles. The monoisotopic (exact) mass is 196 g/mol. The Morgan fingerprint density at radius 1 is 1.29 bits per heavy atom. The van der Waals surface area contributed by atoms with E-state index >= 15 is 0 Å². The Morgan fingerprint density at radius 2 is 2.07 bits per heavy atom. The summed E-state index contributed by atoms with van der Waals surface area (Å²) in [6.07, 6.45) is 4.24. The van der Waals surface area contributed by atoms with Crippen molar-refractivity contribution in [3.8, 4) is 0 Å². The van der Waals surface area contributed by atoms with E-state index in [1.54, 1.807) is 0 Å². The molecule has 2 fully saturated rings. The molecule has 0 bridgehead atoms. The number of hydrogen-bond donors (Lipinski definition) is 1. The molecule has 14 heavy (non-hydrogen) atoms. The van der Waals surface area contributed by atoms with Crippen LogP contribution in [-0.2, 0) is 0 Å². The van der Waals surface area contributed by atoms with Gasteiger partial charge in [-0.05, 0) is 37.3 Å². The van der Waals surface area contributed by atoms with Gasteiger partial charge in [-0.3, -0.25) is 0 Å². The SMILES string of the molecule is CC1(C)CN(CC2CCCCNC2)C1. The number of nitrogens with one attached hydrogen (secondary N) is 1. The second-order valence-electron chi connectivity index (χ2n) is 5.90. The van der Waals surface area contributed by atoms with Crippen molar-refractivity contribution in [2.45, 2.75) is 33.1 Å². The van der Waals surface area contributed by atoms with Gasteiger partial charge < -0.3 is 10.2 Å². The minimum atomic E-state index is 0.595. The van der Waals surface area contributed by atoms with E-state index in [-0.39, 0.29) is 0 Å². The predicted octanol–water partition coefficient (Wildman–Crippen LogP) is 1.72. The first-order valence-electron chi connectivity index (χ1n) is 6.09. The summed E-state index contributed by atoms with van der Waals surface area (Å²) in [5.74, 6) is 0.911. The second-order valence-corrected chi connectivity index (χ2v) is 5.90. The summed E-state index contributed by atoms with van der Waals surface area (Å²) >= 11 is 0. The summed E-state index contributed by atoms with van der Waals surface area (Å²) in [6, 6.07) is 0. The lowest BCUT2D eigenvalue weighted by molar-refractivity contribution is 0.0177. The first-order valence-corrected chi connectivity index (χ1v) is 6.09. The van der Waals surface area contributed by atoms with Gasteiger partial charge in [0.25, 0.3) is 0 Å². The molecule has 2 aliphatic heterocycles. The van der Waals surface area contributed by atoms with E-state index in [4.69, 9.17) is 0 Å². The molecule has 0 aromatic rings. The fourth-order valence-corrected chi connectivity index (χ4v) is 2.91. The number of nitrogens with zero attached hydrogens (tertiary/aromatic N) is 1. The molecule has 0 radical (unpaired) electrons. The van der Waals surface area contributed by atoms with Gasteiger partial charge in [0.05, 0.1) is 0 Å². The van der Waals surface area contributed by atoms with Gasteiger partial charge in [0.15, 0.2) is 0 Å². The normalized spacial score (nSPS) is 33.4. The first kappa shape index (κ1) is 10.4. The second kappa shape index (κ2) is 4.19. The van der Waals surface area contributed by atoms with Crippen LogP contribution in [0, 0.1) is 11.3 Å². The van der Waals surface area contributed by atoms with E-state index in [0.29, 0.717) is 5.41 Å². The molecule has 1 N–H and O–H groups in total. The summed E-state index contributed by atoms with van der Waals surface area (Å²) in [4.78, 5) is 2.62. The molecule has 2 heteroatoms. The molecular formula is C12H24N2. The third-order valence-corrected chi connectivity index (χ3v) is 3.47. The Labute approximate surface area is 88.1 Å². The molecule has 1 unspecified atom stereocenters. The van der Waals surface area contributed by atoms with Crippen molar-refractivity contribution in [3.05, 3.63) is 0 Å². The molecule has 0 saturated carbocycles. The standard InChI is InChI=1S/C12H24N2/c1-12(2)9-14(10-12)8-11-5-3-4-6-13-7-11/h11,13H,3-10H2,1-2H3. The third kappa shape index (κ3) is 2.71. The maximum Gasteiger partial charge on any atom is 0.00453 e. The van der Waals surface area contributed by atoms with E-state index < -0.39 is 0 Å². The van der Waals surface area contributed by atoms with Crippen molar-refractivity contribution in [2.24, 2.45) is 11.3 Å². The summed E-state index contributed by atoms with van der Waals surface area (Å²) < 4.78 is 0. The average molecular weight is 196 g/mol. The molecule has 82 valence electrons. The minimum Gasteiger partial charge on any atom is -0.316 e. The van der Waals surface area contributed by atoms with Crippen molar-refractivity contribution < 1.29 is 0 Å². The van der Waals surface area contributed by atoms with Crippen LogP contribution in [0.1, 0.15) is 33.1 Å². The molecule has 2 nitrogen and oxygen atoms in total. The van der Waals surface area contributed by atoms with Crippen LogP contribution in [-0.4, -0.2) is 37.6 Å². The Hall–Kier alpha value is -0.0800. The van der Waals surface area contributed by atoms with Gasteiger partial charge in [0.2, 0.25) is 0 Å². The van der Waals surface area contributed by atoms with Gasteiger partial charge in [-0.2, -0.15) is 0 Å². The zero-order valence-electron chi connectivity index (χ0n) is 9.68. The van der Waals surface area contributed by atoms with Crippen LogP contribution in [0.4, 0.5) is 0 Å². The molecule has 0 aromatic heterocycles. The molecule has 0 amide bonds. The quantitative estimate of drug-likeness (QED) is 0.723. The van der Waals surface area contributed by atoms with Gasteiger partial charge in [-0.25, -0.2) is 0 Å². The molecule has 1 atom stereocenters. The lowest BCUT2D eigenvalue weighted by Crippen LogP contribution is -2.54. The van der Waals surface area contributed by atoms with Crippen LogP contribution in [0.2, 0.25) is 0 Å². The van der Waals surface area contributed by atoms with E-state index in [0.717, 1.165) is 5.92 Å². The topological polar surface area (TPSA) is 15.3 Å². The van der Waals surface area contributed by atoms with Crippen molar-refractivity contribution in [1.82, 2.24) is 10.2 Å². The molecule has 2 aliphatic rings. The van der Waals surface area contributed by atoms with Crippen LogP contribution in [0.3, 0.4) is 0 Å². The molecule has 2 saturated heterocycles. The maximum absolute atomic E-state index is 3.54. The first-order chi connectivity index (χ1) is 6.66. The van der Waals surface area contributed by atoms with Crippen molar-refractivity contribution >= 4 is 0 Å². The van der Waals surface area contributed by atoms with Crippen LogP contribution >= 0.6 is 0 Å². The van der Waals surface area contributed by atoms with Gasteiger partial charge in [-0.15, -0.1) is 0 Å². The lowest BCUT2D eigenvalue weighted by atomic mass is 9.83. The maximum atomic E-state index is 3.54. The van der Waals surface area contributed by atoms with Gasteiger partial charge in [0, 0.05) is 19.6 Å². The summed E-state index contributed by atoms with van der Waals surface area (Å²) in [5, 5.41) is 3.54. The molecule has 2 rings (SSSR count). The number of likely N-dealkylation sites (tertiary alicyclic amines) is 1. The zero-order chi connectivity index (χ0) is 10.0. The number of hydrogen-bond acceptors (Lipinski definition) is 2. The van der Waals surface area contributed by atoms with Crippen LogP contribution in [0.25, 0.3) is 0 Å². The molecule has 0 spiro atoms. The Balaban J connectivity index is 1.69. The lowest BCUT2D eigenvalue weighted by Gasteiger charge is -2.47. The van der Waals surface area contributed by atoms with Gasteiger partial charge in [0.1, 0.15) is 0 Å². The van der Waals surface area contributed by atoms with Gasteiger partial charge >= 0.3 is 0 Å². The van der Waals surface area contributed by atoms with E-state index in [9.17, 15) is 0 Å². The van der Waals surface area contributed by atoms with E-state index in [1.807, 2.05) is 0 Å². The zero-order valence-corrected chi connectivity index (χ0v) is 9.68.